The standard InChI is InChI=1S/C15H14N2O/c1-2-3-6-10-17-15(18)14-13-8-5-4-7-12(13)9-11-16-14/h4-5,7-9,11H,6,10H2,1H3,(H,17,18). The molecular weight excluding hydrogens is 224 g/mol. The highest BCUT2D eigenvalue weighted by Gasteiger charge is 2.09. The van der Waals surface area contributed by atoms with Crippen molar-refractivity contribution < 1.29 is 4.79 Å². The van der Waals surface area contributed by atoms with Crippen molar-refractivity contribution in [1.82, 2.24) is 10.3 Å². The molecule has 0 saturated carbocycles. The van der Waals surface area contributed by atoms with Gasteiger partial charge in [0.2, 0.25) is 0 Å². The molecule has 3 heteroatoms. The number of hydrogen-bond acceptors (Lipinski definition) is 2. The van der Waals surface area contributed by atoms with E-state index < -0.39 is 0 Å². The first-order valence-electron chi connectivity index (χ1n) is 5.84. The number of nitrogens with one attached hydrogen (secondary N) is 1. The molecule has 0 bridgehead atoms. The number of fused-ring (bicyclic) bond motifs is 1. The first-order valence-corrected chi connectivity index (χ1v) is 5.84. The minimum Gasteiger partial charge on any atom is -0.350 e. The van der Waals surface area contributed by atoms with E-state index in [0.29, 0.717) is 18.7 Å². The van der Waals surface area contributed by atoms with E-state index in [-0.39, 0.29) is 5.91 Å². The first kappa shape index (κ1) is 12.1. The van der Waals surface area contributed by atoms with Crippen molar-refractivity contribution in [2.45, 2.75) is 13.3 Å². The lowest BCUT2D eigenvalue weighted by molar-refractivity contribution is 0.0951. The SMILES string of the molecule is CC#CCCNC(=O)c1nccc2ccccc12. The lowest BCUT2D eigenvalue weighted by Gasteiger charge is -2.05. The summed E-state index contributed by atoms with van der Waals surface area (Å²) in [5, 5.41) is 4.72. The zero-order chi connectivity index (χ0) is 12.8. The number of carbonyl (C=O) groups is 1. The summed E-state index contributed by atoms with van der Waals surface area (Å²) in [5.41, 5.74) is 0.470. The van der Waals surface area contributed by atoms with E-state index in [4.69, 9.17) is 0 Å². The van der Waals surface area contributed by atoms with Crippen LogP contribution in [0.4, 0.5) is 0 Å². The average molecular weight is 238 g/mol. The van der Waals surface area contributed by atoms with Crippen molar-refractivity contribution in [2.24, 2.45) is 0 Å². The van der Waals surface area contributed by atoms with Crippen molar-refractivity contribution in [3.05, 3.63) is 42.2 Å². The molecule has 18 heavy (non-hydrogen) atoms. The zero-order valence-corrected chi connectivity index (χ0v) is 10.2. The molecule has 0 aliphatic heterocycles. The molecule has 0 radical (unpaired) electrons. The summed E-state index contributed by atoms with van der Waals surface area (Å²) in [5.74, 6) is 5.55. The van der Waals surface area contributed by atoms with Gasteiger partial charge in [0, 0.05) is 24.5 Å². The van der Waals surface area contributed by atoms with Gasteiger partial charge in [-0.15, -0.1) is 11.8 Å². The van der Waals surface area contributed by atoms with Crippen LogP contribution in [0.15, 0.2) is 36.5 Å². The fourth-order valence-electron chi connectivity index (χ4n) is 1.75. The Morgan fingerprint density at radius 2 is 2.17 bits per heavy atom. The van der Waals surface area contributed by atoms with Gasteiger partial charge in [0.25, 0.3) is 5.91 Å². The normalized spacial score (nSPS) is 9.61. The Morgan fingerprint density at radius 3 is 3.00 bits per heavy atom. The van der Waals surface area contributed by atoms with Gasteiger partial charge in [-0.2, -0.15) is 0 Å². The van der Waals surface area contributed by atoms with Crippen LogP contribution in [0, 0.1) is 11.8 Å². The van der Waals surface area contributed by atoms with Crippen LogP contribution < -0.4 is 5.32 Å². The Balaban J connectivity index is 2.19. The van der Waals surface area contributed by atoms with E-state index >= 15 is 0 Å². The molecule has 90 valence electrons. The molecule has 0 spiro atoms. The van der Waals surface area contributed by atoms with Gasteiger partial charge < -0.3 is 5.32 Å². The second-order valence-electron chi connectivity index (χ2n) is 3.81. The molecule has 1 aromatic heterocycles. The van der Waals surface area contributed by atoms with Gasteiger partial charge in [0.1, 0.15) is 5.69 Å². The molecule has 2 aromatic rings. The predicted octanol–water partition coefficient (Wildman–Crippen LogP) is 2.38. The summed E-state index contributed by atoms with van der Waals surface area (Å²) in [6.45, 7) is 2.33. The minimum atomic E-state index is -0.148. The van der Waals surface area contributed by atoms with E-state index in [1.807, 2.05) is 30.3 Å². The summed E-state index contributed by atoms with van der Waals surface area (Å²) < 4.78 is 0. The van der Waals surface area contributed by atoms with Crippen LogP contribution in [0.5, 0.6) is 0 Å². The number of pyridine rings is 1. The van der Waals surface area contributed by atoms with Gasteiger partial charge in [0.15, 0.2) is 0 Å². The highest BCUT2D eigenvalue weighted by Crippen LogP contribution is 2.15. The molecule has 0 atom stereocenters. The Hall–Kier alpha value is -2.34. The van der Waals surface area contributed by atoms with Gasteiger partial charge in [-0.05, 0) is 18.4 Å². The van der Waals surface area contributed by atoms with Crippen LogP contribution in [0.3, 0.4) is 0 Å². The average Bonchev–Trinajstić information content (AvgIpc) is 2.43. The van der Waals surface area contributed by atoms with Crippen LogP contribution >= 0.6 is 0 Å². The molecular formula is C15H14N2O. The van der Waals surface area contributed by atoms with Crippen LogP contribution in [0.1, 0.15) is 23.8 Å². The van der Waals surface area contributed by atoms with Gasteiger partial charge in [-0.1, -0.05) is 24.3 Å². The molecule has 1 amide bonds. The second kappa shape index (κ2) is 5.83. The van der Waals surface area contributed by atoms with Crippen LogP contribution in [-0.2, 0) is 0 Å². The quantitative estimate of drug-likeness (QED) is 0.659. The smallest absolute Gasteiger partial charge is 0.270 e. The largest absolute Gasteiger partial charge is 0.350 e. The van der Waals surface area contributed by atoms with Crippen molar-refractivity contribution in [2.75, 3.05) is 6.54 Å². The highest BCUT2D eigenvalue weighted by atomic mass is 16.1. The van der Waals surface area contributed by atoms with Gasteiger partial charge >= 0.3 is 0 Å². The Bertz CT molecular complexity index is 618. The van der Waals surface area contributed by atoms with E-state index in [0.717, 1.165) is 10.8 Å². The summed E-state index contributed by atoms with van der Waals surface area (Å²) >= 11 is 0. The lowest BCUT2D eigenvalue weighted by atomic mass is 10.1. The maximum Gasteiger partial charge on any atom is 0.270 e. The second-order valence-corrected chi connectivity index (χ2v) is 3.81. The Morgan fingerprint density at radius 1 is 1.33 bits per heavy atom. The summed E-state index contributed by atoms with van der Waals surface area (Å²) in [6, 6.07) is 9.62. The molecule has 2 rings (SSSR count). The fourth-order valence-corrected chi connectivity index (χ4v) is 1.75. The van der Waals surface area contributed by atoms with Gasteiger partial charge in [0.05, 0.1) is 0 Å². The van der Waals surface area contributed by atoms with Gasteiger partial charge in [-0.25, -0.2) is 0 Å². The van der Waals surface area contributed by atoms with Crippen LogP contribution in [-0.4, -0.2) is 17.4 Å². The van der Waals surface area contributed by atoms with E-state index in [9.17, 15) is 4.79 Å². The van der Waals surface area contributed by atoms with E-state index in [1.54, 1.807) is 13.1 Å². The molecule has 0 aliphatic rings. The number of benzene rings is 1. The molecule has 0 unspecified atom stereocenters. The van der Waals surface area contributed by atoms with Crippen molar-refractivity contribution in [1.29, 1.82) is 0 Å². The molecule has 0 aliphatic carbocycles. The van der Waals surface area contributed by atoms with Crippen molar-refractivity contribution >= 4 is 16.7 Å². The third kappa shape index (κ3) is 2.67. The molecule has 1 heterocycles. The topological polar surface area (TPSA) is 42.0 Å². The third-order valence-electron chi connectivity index (χ3n) is 2.60. The number of nitrogens with zero attached hydrogens (tertiary/aromatic N) is 1. The van der Waals surface area contributed by atoms with Crippen molar-refractivity contribution in [3.8, 4) is 11.8 Å². The number of amides is 1. The van der Waals surface area contributed by atoms with Crippen LogP contribution in [0.2, 0.25) is 0 Å². The van der Waals surface area contributed by atoms with E-state index in [1.165, 1.54) is 0 Å². The predicted molar refractivity (Wildman–Crippen MR) is 72.1 cm³/mol. The van der Waals surface area contributed by atoms with Crippen molar-refractivity contribution in [3.63, 3.8) is 0 Å². The van der Waals surface area contributed by atoms with Crippen LogP contribution in [0.25, 0.3) is 10.8 Å². The third-order valence-corrected chi connectivity index (χ3v) is 2.60. The molecule has 0 fully saturated rings. The summed E-state index contributed by atoms with van der Waals surface area (Å²) in [4.78, 5) is 16.2. The molecule has 1 N–H and O–H groups in total. The maximum atomic E-state index is 12.0. The summed E-state index contributed by atoms with van der Waals surface area (Å²) in [7, 11) is 0. The summed E-state index contributed by atoms with van der Waals surface area (Å²) in [6.07, 6.45) is 2.32. The molecule has 0 saturated heterocycles. The minimum absolute atomic E-state index is 0.148. The van der Waals surface area contributed by atoms with E-state index in [2.05, 4.69) is 22.1 Å². The monoisotopic (exact) mass is 238 g/mol. The Labute approximate surface area is 106 Å². The number of carbonyl (C=O) groups excluding carboxylic acids is 1. The highest BCUT2D eigenvalue weighted by molar-refractivity contribution is 6.05. The number of aromatic nitrogens is 1. The molecule has 3 nitrogen and oxygen atoms in total. The number of rotatable bonds is 3. The lowest BCUT2D eigenvalue weighted by Crippen LogP contribution is -2.25. The first-order chi connectivity index (χ1) is 8.83. The molecule has 1 aromatic carbocycles. The van der Waals surface area contributed by atoms with Gasteiger partial charge in [-0.3, -0.25) is 9.78 Å². The fraction of sp³-hybridized carbons (Fsp3) is 0.200. The number of hydrogen-bond donors (Lipinski definition) is 1. The maximum absolute atomic E-state index is 12.0. The zero-order valence-electron chi connectivity index (χ0n) is 10.2. The Kier molecular flexibility index (Phi) is 3.93.